The second-order valence-electron chi connectivity index (χ2n) is 4.08. The molecule has 1 heteroatoms. The van der Waals surface area contributed by atoms with Crippen LogP contribution in [0.1, 0.15) is 24.5 Å². The zero-order chi connectivity index (χ0) is 12.3. The van der Waals surface area contributed by atoms with Crippen LogP contribution in [0.3, 0.4) is 0 Å². The van der Waals surface area contributed by atoms with Gasteiger partial charge < -0.3 is 4.74 Å². The van der Waals surface area contributed by atoms with E-state index in [0.717, 1.165) is 29.5 Å². The summed E-state index contributed by atoms with van der Waals surface area (Å²) in [5.41, 5.74) is 2.24. The molecule has 0 radical (unpaired) electrons. The lowest BCUT2D eigenvalue weighted by molar-refractivity contribution is 0.415. The molecule has 2 rings (SSSR count). The van der Waals surface area contributed by atoms with E-state index in [4.69, 9.17) is 11.2 Å². The molecule has 2 aromatic carbocycles. The highest BCUT2D eigenvalue weighted by atomic mass is 16.5. The van der Waals surface area contributed by atoms with Crippen LogP contribution in [0.5, 0.6) is 5.75 Å². The highest BCUT2D eigenvalue weighted by Gasteiger charge is 2.07. The number of rotatable bonds is 3. The monoisotopic (exact) mass is 224 g/mol. The van der Waals surface area contributed by atoms with Gasteiger partial charge in [-0.05, 0) is 35.6 Å². The van der Waals surface area contributed by atoms with Gasteiger partial charge in [-0.15, -0.1) is 6.42 Å². The second kappa shape index (κ2) is 4.93. The Kier molecular flexibility index (Phi) is 3.35. The molecule has 0 heterocycles. The van der Waals surface area contributed by atoms with Gasteiger partial charge in [0, 0.05) is 10.9 Å². The number of hydrogen-bond acceptors (Lipinski definition) is 1. The van der Waals surface area contributed by atoms with E-state index in [-0.39, 0.29) is 0 Å². The normalized spacial score (nSPS) is 10.2. The molecule has 0 fully saturated rings. The lowest BCUT2D eigenvalue weighted by Gasteiger charge is -2.10. The highest BCUT2D eigenvalue weighted by Crippen LogP contribution is 2.28. The molecule has 0 aliphatic carbocycles. The van der Waals surface area contributed by atoms with Gasteiger partial charge in [0.25, 0.3) is 0 Å². The number of terminal acetylenes is 1. The van der Waals surface area contributed by atoms with Crippen molar-refractivity contribution in [2.75, 3.05) is 7.11 Å². The van der Waals surface area contributed by atoms with E-state index in [1.54, 1.807) is 7.11 Å². The molecule has 0 saturated carbocycles. The summed E-state index contributed by atoms with van der Waals surface area (Å²) < 4.78 is 5.33. The van der Waals surface area contributed by atoms with Gasteiger partial charge >= 0.3 is 0 Å². The van der Waals surface area contributed by atoms with Crippen molar-refractivity contribution in [1.82, 2.24) is 0 Å². The summed E-state index contributed by atoms with van der Waals surface area (Å²) in [6.45, 7) is 2.17. The van der Waals surface area contributed by atoms with Crippen LogP contribution < -0.4 is 4.74 Å². The van der Waals surface area contributed by atoms with Crippen molar-refractivity contribution < 1.29 is 4.74 Å². The lowest BCUT2D eigenvalue weighted by Crippen LogP contribution is -1.92. The fourth-order valence-electron chi connectivity index (χ4n) is 2.19. The summed E-state index contributed by atoms with van der Waals surface area (Å²) in [6.07, 6.45) is 7.69. The Bertz CT molecular complexity index is 576. The Balaban J connectivity index is 2.77. The maximum absolute atomic E-state index is 5.57. The molecule has 0 bridgehead atoms. The van der Waals surface area contributed by atoms with Gasteiger partial charge in [0.15, 0.2) is 0 Å². The van der Waals surface area contributed by atoms with E-state index in [0.29, 0.717) is 0 Å². The second-order valence-corrected chi connectivity index (χ2v) is 4.08. The van der Waals surface area contributed by atoms with Crippen molar-refractivity contribution >= 4 is 10.8 Å². The van der Waals surface area contributed by atoms with Gasteiger partial charge in [-0.3, -0.25) is 0 Å². The van der Waals surface area contributed by atoms with Crippen molar-refractivity contribution in [2.45, 2.75) is 19.8 Å². The van der Waals surface area contributed by atoms with Crippen molar-refractivity contribution in [3.63, 3.8) is 0 Å². The van der Waals surface area contributed by atoms with Crippen LogP contribution in [-0.2, 0) is 6.42 Å². The Labute approximate surface area is 102 Å². The summed E-state index contributed by atoms with van der Waals surface area (Å²) in [5, 5.41) is 2.35. The first-order valence-corrected chi connectivity index (χ1v) is 5.86. The van der Waals surface area contributed by atoms with Gasteiger partial charge in [0.05, 0.1) is 7.11 Å². The summed E-state index contributed by atoms with van der Waals surface area (Å²) in [6, 6.07) is 10.2. The van der Waals surface area contributed by atoms with Crippen LogP contribution in [0.25, 0.3) is 10.8 Å². The molecular weight excluding hydrogens is 208 g/mol. The van der Waals surface area contributed by atoms with Crippen LogP contribution in [0.4, 0.5) is 0 Å². The smallest absolute Gasteiger partial charge is 0.119 e. The first-order valence-electron chi connectivity index (χ1n) is 5.86. The summed E-state index contributed by atoms with van der Waals surface area (Å²) in [5.74, 6) is 3.66. The molecule has 17 heavy (non-hydrogen) atoms. The topological polar surface area (TPSA) is 9.23 Å². The molecule has 0 atom stereocenters. The Morgan fingerprint density at radius 2 is 2.12 bits per heavy atom. The average Bonchev–Trinajstić information content (AvgIpc) is 2.37. The maximum Gasteiger partial charge on any atom is 0.119 e. The Hall–Kier alpha value is -1.94. The lowest BCUT2D eigenvalue weighted by atomic mass is 9.96. The molecular formula is C16H16O. The van der Waals surface area contributed by atoms with Gasteiger partial charge in [0.1, 0.15) is 5.75 Å². The average molecular weight is 224 g/mol. The molecule has 0 aliphatic rings. The van der Waals surface area contributed by atoms with Crippen LogP contribution >= 0.6 is 0 Å². The van der Waals surface area contributed by atoms with E-state index >= 15 is 0 Å². The standard InChI is InChI=1S/C16H16O/c1-4-7-13-10-15(17-3)11-14-9-6-8-12(5-2)16(13)14/h2,6,8-11H,4,7H2,1,3H3. The molecule has 0 spiro atoms. The zero-order valence-electron chi connectivity index (χ0n) is 10.3. The van der Waals surface area contributed by atoms with Crippen molar-refractivity contribution in [2.24, 2.45) is 0 Å². The molecule has 0 aromatic heterocycles. The quantitative estimate of drug-likeness (QED) is 0.721. The molecule has 2 aromatic rings. The van der Waals surface area contributed by atoms with Crippen molar-refractivity contribution in [3.8, 4) is 18.1 Å². The van der Waals surface area contributed by atoms with E-state index in [1.807, 2.05) is 18.2 Å². The number of hydrogen-bond donors (Lipinski definition) is 0. The van der Waals surface area contributed by atoms with Crippen molar-refractivity contribution in [1.29, 1.82) is 0 Å². The predicted molar refractivity (Wildman–Crippen MR) is 72.4 cm³/mol. The van der Waals surface area contributed by atoms with Crippen LogP contribution in [-0.4, -0.2) is 7.11 Å². The SMILES string of the molecule is C#Cc1cccc2cc(OC)cc(CCC)c12. The van der Waals surface area contributed by atoms with Gasteiger partial charge in [-0.25, -0.2) is 0 Å². The molecule has 1 nitrogen and oxygen atoms in total. The molecule has 0 unspecified atom stereocenters. The number of aryl methyl sites for hydroxylation is 1. The Morgan fingerprint density at radius 1 is 1.29 bits per heavy atom. The van der Waals surface area contributed by atoms with E-state index < -0.39 is 0 Å². The van der Waals surface area contributed by atoms with Crippen LogP contribution in [0.2, 0.25) is 0 Å². The van der Waals surface area contributed by atoms with Gasteiger partial charge in [-0.2, -0.15) is 0 Å². The minimum absolute atomic E-state index is 0.898. The van der Waals surface area contributed by atoms with Crippen LogP contribution in [0, 0.1) is 12.3 Å². The van der Waals surface area contributed by atoms with E-state index in [9.17, 15) is 0 Å². The summed E-state index contributed by atoms with van der Waals surface area (Å²) in [4.78, 5) is 0. The number of fused-ring (bicyclic) bond motifs is 1. The predicted octanol–water partition coefficient (Wildman–Crippen LogP) is 3.78. The molecule has 0 aliphatic heterocycles. The van der Waals surface area contributed by atoms with Gasteiger partial charge in [-0.1, -0.05) is 31.4 Å². The third kappa shape index (κ3) is 2.12. The largest absolute Gasteiger partial charge is 0.497 e. The molecule has 0 N–H and O–H groups in total. The molecule has 0 amide bonds. The van der Waals surface area contributed by atoms with Crippen molar-refractivity contribution in [3.05, 3.63) is 41.5 Å². The maximum atomic E-state index is 5.57. The van der Waals surface area contributed by atoms with Crippen LogP contribution in [0.15, 0.2) is 30.3 Å². The highest BCUT2D eigenvalue weighted by molar-refractivity contribution is 5.92. The third-order valence-corrected chi connectivity index (χ3v) is 2.94. The van der Waals surface area contributed by atoms with Gasteiger partial charge in [0.2, 0.25) is 0 Å². The zero-order valence-corrected chi connectivity index (χ0v) is 10.3. The minimum atomic E-state index is 0.898. The number of benzene rings is 2. The first-order chi connectivity index (χ1) is 8.30. The molecule has 0 saturated heterocycles. The van der Waals surface area contributed by atoms with E-state index in [2.05, 4.69) is 25.0 Å². The molecule has 86 valence electrons. The first kappa shape index (κ1) is 11.5. The summed E-state index contributed by atoms with van der Waals surface area (Å²) >= 11 is 0. The fraction of sp³-hybridized carbons (Fsp3) is 0.250. The minimum Gasteiger partial charge on any atom is -0.497 e. The summed E-state index contributed by atoms with van der Waals surface area (Å²) in [7, 11) is 1.70. The fourth-order valence-corrected chi connectivity index (χ4v) is 2.19. The van der Waals surface area contributed by atoms with E-state index in [1.165, 1.54) is 10.9 Å². The third-order valence-electron chi connectivity index (χ3n) is 2.94. The number of ether oxygens (including phenoxy) is 1. The Morgan fingerprint density at radius 3 is 2.76 bits per heavy atom. The number of methoxy groups -OCH3 is 1.